The average molecular weight is 505 g/mol. The Bertz CT molecular complexity index is 1320. The first-order chi connectivity index (χ1) is 16.6. The maximum atomic E-state index is 13.3. The van der Waals surface area contributed by atoms with Crippen molar-refractivity contribution in [3.63, 3.8) is 0 Å². The van der Waals surface area contributed by atoms with Crippen LogP contribution >= 0.6 is 11.6 Å². The largest absolute Gasteiger partial charge is 0.418 e. The van der Waals surface area contributed by atoms with E-state index in [1.165, 1.54) is 36.7 Å². The number of carbonyl (C=O) groups excluding carboxylic acids is 2. The molecule has 35 heavy (non-hydrogen) atoms. The second-order valence-electron chi connectivity index (χ2n) is 8.36. The monoisotopic (exact) mass is 504 g/mol. The highest BCUT2D eigenvalue weighted by atomic mass is 35.5. The summed E-state index contributed by atoms with van der Waals surface area (Å²) in [6.45, 7) is 0.0921. The number of halogens is 4. The Morgan fingerprint density at radius 3 is 2.51 bits per heavy atom. The Kier molecular flexibility index (Phi) is 6.66. The molecule has 0 radical (unpaired) electrons. The van der Waals surface area contributed by atoms with Crippen molar-refractivity contribution in [1.29, 1.82) is 0 Å². The van der Waals surface area contributed by atoms with Crippen molar-refractivity contribution in [2.75, 3.05) is 5.32 Å². The summed E-state index contributed by atoms with van der Waals surface area (Å²) in [5.41, 5.74) is -1.17. The van der Waals surface area contributed by atoms with Gasteiger partial charge in [0.05, 0.1) is 40.8 Å². The molecule has 4 rings (SSSR count). The standard InChI is InChI=1S/C24H20ClF3N4O3/c25-15-1-4-19(18(10-15)24(26,27)28)32-17-3-2-16(30-13-17)12-31-22(35)23(6-7-23)11-20(33)14-5-8-29-21(34)9-14/h1-5,8-10,13,32H,6-7,11-12H2,(H,29,34)(H,31,35). The first kappa shape index (κ1) is 24.5. The third-order valence-corrected chi connectivity index (χ3v) is 5.99. The van der Waals surface area contributed by atoms with E-state index in [4.69, 9.17) is 11.6 Å². The number of carbonyl (C=O) groups is 2. The minimum absolute atomic E-state index is 0.00119. The Morgan fingerprint density at radius 1 is 1.11 bits per heavy atom. The number of hydrogen-bond donors (Lipinski definition) is 3. The second kappa shape index (κ2) is 9.53. The lowest BCUT2D eigenvalue weighted by molar-refractivity contribution is -0.137. The fourth-order valence-electron chi connectivity index (χ4n) is 3.64. The zero-order valence-corrected chi connectivity index (χ0v) is 19.0. The van der Waals surface area contributed by atoms with Gasteiger partial charge in [-0.25, -0.2) is 0 Å². The summed E-state index contributed by atoms with van der Waals surface area (Å²) in [6, 6.07) is 9.26. The Labute approximate surface area is 202 Å². The summed E-state index contributed by atoms with van der Waals surface area (Å²) < 4.78 is 39.8. The first-order valence-electron chi connectivity index (χ1n) is 10.6. The van der Waals surface area contributed by atoms with Gasteiger partial charge in [0.25, 0.3) is 0 Å². The molecule has 1 saturated carbocycles. The summed E-state index contributed by atoms with van der Waals surface area (Å²) in [5.74, 6) is -0.562. The topological polar surface area (TPSA) is 104 Å². The number of hydrogen-bond acceptors (Lipinski definition) is 5. The highest BCUT2D eigenvalue weighted by Crippen LogP contribution is 2.49. The third-order valence-electron chi connectivity index (χ3n) is 5.75. The van der Waals surface area contributed by atoms with E-state index >= 15 is 0 Å². The van der Waals surface area contributed by atoms with E-state index in [1.54, 1.807) is 12.1 Å². The fourth-order valence-corrected chi connectivity index (χ4v) is 3.81. The summed E-state index contributed by atoms with van der Waals surface area (Å²) in [5, 5.41) is 5.42. The number of nitrogens with zero attached hydrogens (tertiary/aromatic N) is 1. The van der Waals surface area contributed by atoms with Crippen molar-refractivity contribution >= 4 is 34.7 Å². The van der Waals surface area contributed by atoms with E-state index in [1.807, 2.05) is 0 Å². The Morgan fingerprint density at radius 2 is 1.89 bits per heavy atom. The van der Waals surface area contributed by atoms with Crippen molar-refractivity contribution in [3.8, 4) is 0 Å². The third kappa shape index (κ3) is 5.89. The number of benzene rings is 1. The zero-order valence-electron chi connectivity index (χ0n) is 18.2. The number of pyridine rings is 2. The smallest absolute Gasteiger partial charge is 0.354 e. The van der Waals surface area contributed by atoms with Gasteiger partial charge in [0.1, 0.15) is 0 Å². The van der Waals surface area contributed by atoms with Crippen LogP contribution in [0, 0.1) is 5.41 Å². The molecule has 182 valence electrons. The number of alkyl halides is 3. The molecule has 3 aromatic rings. The van der Waals surface area contributed by atoms with Gasteiger partial charge in [-0.1, -0.05) is 11.6 Å². The van der Waals surface area contributed by atoms with Crippen LogP contribution in [0.25, 0.3) is 0 Å². The number of Topliss-reactive ketones (excluding diaryl/α,β-unsaturated/α-hetero) is 1. The van der Waals surface area contributed by atoms with E-state index < -0.39 is 17.2 Å². The molecule has 0 atom stereocenters. The van der Waals surface area contributed by atoms with Gasteiger partial charge in [0.15, 0.2) is 5.78 Å². The van der Waals surface area contributed by atoms with E-state index in [-0.39, 0.29) is 46.5 Å². The molecule has 0 spiro atoms. The molecular weight excluding hydrogens is 485 g/mol. The van der Waals surface area contributed by atoms with Gasteiger partial charge >= 0.3 is 6.18 Å². The number of amides is 1. The minimum Gasteiger partial charge on any atom is -0.354 e. The highest BCUT2D eigenvalue weighted by Gasteiger charge is 2.51. The normalized spacial score (nSPS) is 14.3. The molecule has 0 bridgehead atoms. The molecule has 0 saturated heterocycles. The van der Waals surface area contributed by atoms with Gasteiger partial charge < -0.3 is 15.6 Å². The molecule has 1 aromatic carbocycles. The number of anilines is 2. The molecule has 1 aliphatic rings. The quantitative estimate of drug-likeness (QED) is 0.380. The van der Waals surface area contributed by atoms with Gasteiger partial charge in [0.2, 0.25) is 11.5 Å². The number of aromatic amines is 1. The summed E-state index contributed by atoms with van der Waals surface area (Å²) in [6.07, 6.45) is -0.711. The predicted molar refractivity (Wildman–Crippen MR) is 123 cm³/mol. The molecule has 0 unspecified atom stereocenters. The number of ketones is 1. The van der Waals surface area contributed by atoms with Crippen LogP contribution in [0.15, 0.2) is 59.7 Å². The Hall–Kier alpha value is -3.66. The molecule has 1 aliphatic carbocycles. The highest BCUT2D eigenvalue weighted by molar-refractivity contribution is 6.30. The maximum Gasteiger partial charge on any atom is 0.418 e. The van der Waals surface area contributed by atoms with Crippen molar-refractivity contribution < 1.29 is 22.8 Å². The number of H-pyrrole nitrogens is 1. The Balaban J connectivity index is 1.35. The average Bonchev–Trinajstić information content (AvgIpc) is 3.59. The SMILES string of the molecule is O=C(CC1(C(=O)NCc2ccc(Nc3ccc(Cl)cc3C(F)(F)F)cn2)CC1)c1cc[nH]c(=O)c1. The van der Waals surface area contributed by atoms with E-state index in [0.29, 0.717) is 24.2 Å². The lowest BCUT2D eigenvalue weighted by Crippen LogP contribution is -2.33. The summed E-state index contributed by atoms with van der Waals surface area (Å²) in [4.78, 5) is 43.3. The van der Waals surface area contributed by atoms with Crippen LogP contribution in [-0.2, 0) is 17.5 Å². The molecule has 0 aliphatic heterocycles. The van der Waals surface area contributed by atoms with Crippen LogP contribution in [0.5, 0.6) is 0 Å². The number of aromatic nitrogens is 2. The van der Waals surface area contributed by atoms with E-state index in [0.717, 1.165) is 6.07 Å². The number of rotatable bonds is 8. The molecule has 3 N–H and O–H groups in total. The predicted octanol–water partition coefficient (Wildman–Crippen LogP) is 4.86. The molecule has 1 amide bonds. The van der Waals surface area contributed by atoms with Crippen LogP contribution in [0.4, 0.5) is 24.5 Å². The van der Waals surface area contributed by atoms with Crippen LogP contribution < -0.4 is 16.2 Å². The van der Waals surface area contributed by atoms with Crippen molar-refractivity contribution in [3.05, 3.63) is 87.1 Å². The van der Waals surface area contributed by atoms with E-state index in [2.05, 4.69) is 20.6 Å². The lowest BCUT2D eigenvalue weighted by atomic mass is 9.95. The van der Waals surface area contributed by atoms with Gasteiger partial charge in [-0.3, -0.25) is 19.4 Å². The zero-order chi connectivity index (χ0) is 25.2. The van der Waals surface area contributed by atoms with Crippen LogP contribution in [-0.4, -0.2) is 21.7 Å². The molecule has 1 fully saturated rings. The molecular formula is C24H20ClF3N4O3. The van der Waals surface area contributed by atoms with Gasteiger partial charge in [-0.15, -0.1) is 0 Å². The molecule has 7 nitrogen and oxygen atoms in total. The van der Waals surface area contributed by atoms with Gasteiger partial charge in [-0.05, 0) is 49.2 Å². The minimum atomic E-state index is -4.58. The van der Waals surface area contributed by atoms with Crippen molar-refractivity contribution in [2.24, 2.45) is 5.41 Å². The van der Waals surface area contributed by atoms with E-state index in [9.17, 15) is 27.6 Å². The van der Waals surface area contributed by atoms with Crippen LogP contribution in [0.3, 0.4) is 0 Å². The molecule has 11 heteroatoms. The van der Waals surface area contributed by atoms with Crippen molar-refractivity contribution in [1.82, 2.24) is 15.3 Å². The summed E-state index contributed by atoms with van der Waals surface area (Å²) in [7, 11) is 0. The number of nitrogens with one attached hydrogen (secondary N) is 3. The summed E-state index contributed by atoms with van der Waals surface area (Å²) >= 11 is 5.70. The first-order valence-corrected chi connectivity index (χ1v) is 11.0. The van der Waals surface area contributed by atoms with Gasteiger partial charge in [0, 0.05) is 29.3 Å². The van der Waals surface area contributed by atoms with Crippen molar-refractivity contribution in [2.45, 2.75) is 32.0 Å². The lowest BCUT2D eigenvalue weighted by Gasteiger charge is -2.16. The van der Waals surface area contributed by atoms with Gasteiger partial charge in [-0.2, -0.15) is 13.2 Å². The maximum absolute atomic E-state index is 13.3. The fraction of sp³-hybridized carbons (Fsp3) is 0.250. The molecule has 2 aromatic heterocycles. The van der Waals surface area contributed by atoms with Crippen LogP contribution in [0.2, 0.25) is 5.02 Å². The molecule has 2 heterocycles. The van der Waals surface area contributed by atoms with Crippen LogP contribution in [0.1, 0.15) is 40.9 Å². The second-order valence-corrected chi connectivity index (χ2v) is 8.79.